The fourth-order valence-electron chi connectivity index (χ4n) is 4.08. The van der Waals surface area contributed by atoms with Crippen molar-refractivity contribution in [3.8, 4) is 0 Å². The summed E-state index contributed by atoms with van der Waals surface area (Å²) in [5, 5.41) is 3.92. The van der Waals surface area contributed by atoms with Crippen molar-refractivity contribution in [2.75, 3.05) is 17.1 Å². The van der Waals surface area contributed by atoms with Crippen LogP contribution in [0.1, 0.15) is 38.2 Å². The van der Waals surface area contributed by atoms with E-state index in [1.54, 1.807) is 31.2 Å². The summed E-state index contributed by atoms with van der Waals surface area (Å²) in [6.07, 6.45) is 4.89. The Morgan fingerprint density at radius 1 is 1.06 bits per heavy atom. The summed E-state index contributed by atoms with van der Waals surface area (Å²) < 4.78 is 26.2. The van der Waals surface area contributed by atoms with Gasteiger partial charge in [0.15, 0.2) is 0 Å². The van der Waals surface area contributed by atoms with Crippen molar-refractivity contribution < 1.29 is 18.0 Å². The lowest BCUT2D eigenvalue weighted by molar-refractivity contribution is -0.139. The summed E-state index contributed by atoms with van der Waals surface area (Å²) in [5.41, 5.74) is 0.833. The van der Waals surface area contributed by atoms with Crippen LogP contribution in [0.3, 0.4) is 0 Å². The van der Waals surface area contributed by atoms with E-state index in [2.05, 4.69) is 5.32 Å². The zero-order chi connectivity index (χ0) is 25.8. The van der Waals surface area contributed by atoms with E-state index in [4.69, 9.17) is 34.8 Å². The highest BCUT2D eigenvalue weighted by Gasteiger charge is 2.32. The largest absolute Gasteiger partial charge is 0.352 e. The molecule has 0 aliphatic heterocycles. The second-order valence-corrected chi connectivity index (χ2v) is 11.9. The van der Waals surface area contributed by atoms with Crippen molar-refractivity contribution in [2.45, 2.75) is 51.2 Å². The summed E-state index contributed by atoms with van der Waals surface area (Å²) in [6.45, 7) is 1.17. The molecule has 0 spiro atoms. The Morgan fingerprint density at radius 2 is 1.71 bits per heavy atom. The first-order chi connectivity index (χ1) is 16.5. The molecule has 1 saturated carbocycles. The van der Waals surface area contributed by atoms with Crippen molar-refractivity contribution in [3.63, 3.8) is 0 Å². The summed E-state index contributed by atoms with van der Waals surface area (Å²) >= 11 is 18.3. The lowest BCUT2D eigenvalue weighted by atomic mass is 10.1. The molecule has 2 aromatic rings. The maximum atomic E-state index is 13.6. The van der Waals surface area contributed by atoms with Crippen molar-refractivity contribution in [2.24, 2.45) is 0 Å². The summed E-state index contributed by atoms with van der Waals surface area (Å²) in [7, 11) is -3.89. The molecule has 0 radical (unpaired) electrons. The highest BCUT2D eigenvalue weighted by molar-refractivity contribution is 7.92. The third-order valence-electron chi connectivity index (χ3n) is 5.97. The number of carbonyl (C=O) groups excluding carboxylic acids is 2. The second kappa shape index (κ2) is 11.8. The number of halogens is 3. The Hall–Kier alpha value is -2.00. The second-order valence-electron chi connectivity index (χ2n) is 8.68. The van der Waals surface area contributed by atoms with Crippen molar-refractivity contribution >= 4 is 62.3 Å². The number of benzene rings is 2. The fourth-order valence-corrected chi connectivity index (χ4v) is 5.72. The molecule has 190 valence electrons. The van der Waals surface area contributed by atoms with Crippen molar-refractivity contribution in [1.29, 1.82) is 0 Å². The monoisotopic (exact) mass is 559 g/mol. The number of hydrogen-bond acceptors (Lipinski definition) is 4. The van der Waals surface area contributed by atoms with Gasteiger partial charge in [-0.3, -0.25) is 13.9 Å². The number of hydrogen-bond donors (Lipinski definition) is 1. The Kier molecular flexibility index (Phi) is 9.32. The van der Waals surface area contributed by atoms with Crippen LogP contribution in [0.5, 0.6) is 0 Å². The van der Waals surface area contributed by atoms with Crippen LogP contribution >= 0.6 is 34.8 Å². The molecule has 1 N–H and O–H groups in total. The number of rotatable bonds is 9. The maximum absolute atomic E-state index is 13.6. The molecule has 2 amide bonds. The average Bonchev–Trinajstić information content (AvgIpc) is 3.28. The Labute approximate surface area is 221 Å². The van der Waals surface area contributed by atoms with E-state index in [1.807, 2.05) is 0 Å². The number of sulfonamides is 1. The predicted octanol–water partition coefficient (Wildman–Crippen LogP) is 4.89. The van der Waals surface area contributed by atoms with Gasteiger partial charge in [0.2, 0.25) is 21.8 Å². The van der Waals surface area contributed by atoms with Crippen molar-refractivity contribution in [3.05, 3.63) is 63.1 Å². The Bertz CT molecular complexity index is 1190. The first-order valence-corrected chi connectivity index (χ1v) is 14.2. The molecular formula is C24H28Cl3N3O4S. The lowest BCUT2D eigenvalue weighted by Crippen LogP contribution is -2.52. The highest BCUT2D eigenvalue weighted by Crippen LogP contribution is 2.30. The molecule has 0 saturated heterocycles. The van der Waals surface area contributed by atoms with Gasteiger partial charge < -0.3 is 10.2 Å². The molecule has 1 unspecified atom stereocenters. The molecule has 1 aliphatic rings. The lowest BCUT2D eigenvalue weighted by Gasteiger charge is -2.32. The quantitative estimate of drug-likeness (QED) is 0.473. The fraction of sp³-hybridized carbons (Fsp3) is 0.417. The van der Waals surface area contributed by atoms with Crippen LogP contribution < -0.4 is 9.62 Å². The van der Waals surface area contributed by atoms with E-state index >= 15 is 0 Å². The predicted molar refractivity (Wildman–Crippen MR) is 141 cm³/mol. The summed E-state index contributed by atoms with van der Waals surface area (Å²) in [4.78, 5) is 28.0. The standard InChI is InChI=1S/C24H28Cl3N3O4S/c1-16(24(32)28-20-8-3-4-9-20)29(14-17-6-5-7-18(25)12-17)23(31)15-30(35(2,33)34)22-11-10-19(26)13-21(22)27/h5-7,10-13,16,20H,3-4,8-9,14-15H2,1-2H3,(H,28,32). The summed E-state index contributed by atoms with van der Waals surface area (Å²) in [6, 6.07) is 10.5. The van der Waals surface area contributed by atoms with E-state index in [1.165, 1.54) is 23.1 Å². The van der Waals surface area contributed by atoms with Crippen LogP contribution in [0.2, 0.25) is 15.1 Å². The first-order valence-electron chi connectivity index (χ1n) is 11.2. The molecule has 7 nitrogen and oxygen atoms in total. The van der Waals surface area contributed by atoms with Gasteiger partial charge in [0, 0.05) is 22.6 Å². The maximum Gasteiger partial charge on any atom is 0.244 e. The minimum absolute atomic E-state index is 0.0740. The smallest absolute Gasteiger partial charge is 0.244 e. The topological polar surface area (TPSA) is 86.8 Å². The van der Waals surface area contributed by atoms with Gasteiger partial charge in [0.25, 0.3) is 0 Å². The molecule has 3 rings (SSSR count). The number of amides is 2. The molecule has 1 aliphatic carbocycles. The van der Waals surface area contributed by atoms with Crippen LogP contribution in [0.25, 0.3) is 0 Å². The van der Waals surface area contributed by atoms with E-state index in [0.717, 1.165) is 36.2 Å². The third kappa shape index (κ3) is 7.49. The molecule has 0 bridgehead atoms. The van der Waals surface area contributed by atoms with E-state index in [0.29, 0.717) is 15.6 Å². The van der Waals surface area contributed by atoms with Crippen LogP contribution in [0.15, 0.2) is 42.5 Å². The van der Waals surface area contributed by atoms with E-state index in [9.17, 15) is 18.0 Å². The highest BCUT2D eigenvalue weighted by atomic mass is 35.5. The van der Waals surface area contributed by atoms with Gasteiger partial charge in [-0.2, -0.15) is 0 Å². The van der Waals surface area contributed by atoms with Gasteiger partial charge in [-0.25, -0.2) is 8.42 Å². The minimum atomic E-state index is -3.89. The number of nitrogens with zero attached hydrogens (tertiary/aromatic N) is 2. The van der Waals surface area contributed by atoms with Gasteiger partial charge in [-0.05, 0) is 55.7 Å². The Balaban J connectivity index is 1.90. The zero-order valence-corrected chi connectivity index (χ0v) is 22.6. The van der Waals surface area contributed by atoms with Crippen LogP contribution in [0, 0.1) is 0 Å². The number of anilines is 1. The zero-order valence-electron chi connectivity index (χ0n) is 19.5. The molecule has 1 atom stereocenters. The summed E-state index contributed by atoms with van der Waals surface area (Å²) in [5.74, 6) is -0.849. The van der Waals surface area contributed by atoms with Crippen LogP contribution in [-0.2, 0) is 26.2 Å². The van der Waals surface area contributed by atoms with Crippen LogP contribution in [0.4, 0.5) is 5.69 Å². The van der Waals surface area contributed by atoms with E-state index < -0.39 is 28.5 Å². The first kappa shape index (κ1) is 27.6. The number of nitrogens with one attached hydrogen (secondary N) is 1. The molecule has 11 heteroatoms. The molecule has 2 aromatic carbocycles. The molecule has 35 heavy (non-hydrogen) atoms. The van der Waals surface area contributed by atoms with Gasteiger partial charge in [0.05, 0.1) is 17.0 Å². The van der Waals surface area contributed by atoms with Crippen LogP contribution in [-0.4, -0.2) is 50.0 Å². The van der Waals surface area contributed by atoms with Gasteiger partial charge >= 0.3 is 0 Å². The van der Waals surface area contributed by atoms with Gasteiger partial charge in [0.1, 0.15) is 12.6 Å². The third-order valence-corrected chi connectivity index (χ3v) is 7.87. The average molecular weight is 561 g/mol. The normalized spacial score (nSPS) is 15.0. The molecule has 0 heterocycles. The Morgan fingerprint density at radius 3 is 2.31 bits per heavy atom. The number of carbonyl (C=O) groups is 2. The van der Waals surface area contributed by atoms with Gasteiger partial charge in [-0.1, -0.05) is 59.8 Å². The van der Waals surface area contributed by atoms with E-state index in [-0.39, 0.29) is 29.2 Å². The molecular weight excluding hydrogens is 533 g/mol. The van der Waals surface area contributed by atoms with Crippen molar-refractivity contribution in [1.82, 2.24) is 10.2 Å². The molecule has 1 fully saturated rings. The van der Waals surface area contributed by atoms with Gasteiger partial charge in [-0.15, -0.1) is 0 Å². The SMILES string of the molecule is CC(C(=O)NC1CCCC1)N(Cc1cccc(Cl)c1)C(=O)CN(c1ccc(Cl)cc1Cl)S(C)(=O)=O. The minimum Gasteiger partial charge on any atom is -0.352 e. The molecule has 0 aromatic heterocycles.